The highest BCUT2D eigenvalue weighted by Gasteiger charge is 2.05. The molecule has 0 aliphatic rings. The number of thiazole rings is 1. The molecule has 0 unspecified atom stereocenters. The first-order valence-corrected chi connectivity index (χ1v) is 9.46. The third-order valence-electron chi connectivity index (χ3n) is 3.94. The van der Waals surface area contributed by atoms with Crippen LogP contribution >= 0.6 is 11.3 Å². The Kier molecular flexibility index (Phi) is 6.14. The summed E-state index contributed by atoms with van der Waals surface area (Å²) in [6, 6.07) is 13.7. The van der Waals surface area contributed by atoms with E-state index in [2.05, 4.69) is 46.1 Å². The molecule has 0 fully saturated rings. The fourth-order valence-corrected chi connectivity index (χ4v) is 3.42. The summed E-state index contributed by atoms with van der Waals surface area (Å²) in [4.78, 5) is 6.75. The van der Waals surface area contributed by atoms with Gasteiger partial charge in [0.1, 0.15) is 12.4 Å². The second-order valence-corrected chi connectivity index (χ2v) is 6.60. The van der Waals surface area contributed by atoms with Crippen LogP contribution in [0.1, 0.15) is 13.8 Å². The zero-order valence-corrected chi connectivity index (χ0v) is 15.7. The highest BCUT2D eigenvalue weighted by Crippen LogP contribution is 2.32. The predicted octanol–water partition coefficient (Wildman–Crippen LogP) is 4.93. The monoisotopic (exact) mass is 370 g/mol. The highest BCUT2D eigenvalue weighted by atomic mass is 32.1. The SMILES string of the molecule is CCN(CC)c1ccc(N=Nc2nc3ccc(OCCO)cc3s2)cc1. The lowest BCUT2D eigenvalue weighted by Crippen LogP contribution is -2.21. The Hall–Kier alpha value is -2.51. The maximum Gasteiger partial charge on any atom is 0.231 e. The normalized spacial score (nSPS) is 11.3. The van der Waals surface area contributed by atoms with Gasteiger partial charge in [0.05, 0.1) is 22.5 Å². The molecule has 3 aromatic rings. The van der Waals surface area contributed by atoms with Crippen LogP contribution in [0.4, 0.5) is 16.5 Å². The van der Waals surface area contributed by atoms with Gasteiger partial charge in [0, 0.05) is 18.8 Å². The van der Waals surface area contributed by atoms with E-state index in [0.29, 0.717) is 10.9 Å². The molecule has 136 valence electrons. The Balaban J connectivity index is 1.73. The van der Waals surface area contributed by atoms with E-state index < -0.39 is 0 Å². The van der Waals surface area contributed by atoms with Crippen LogP contribution in [0.2, 0.25) is 0 Å². The van der Waals surface area contributed by atoms with Crippen LogP contribution in [0.25, 0.3) is 10.2 Å². The van der Waals surface area contributed by atoms with Crippen LogP contribution in [0.3, 0.4) is 0 Å². The summed E-state index contributed by atoms with van der Waals surface area (Å²) in [6.45, 7) is 6.52. The van der Waals surface area contributed by atoms with Crippen molar-refractivity contribution < 1.29 is 9.84 Å². The van der Waals surface area contributed by atoms with Crippen LogP contribution in [0, 0.1) is 0 Å². The summed E-state index contributed by atoms with van der Waals surface area (Å²) >= 11 is 1.46. The molecule has 0 saturated heterocycles. The minimum Gasteiger partial charge on any atom is -0.491 e. The molecule has 1 aromatic heterocycles. The second-order valence-electron chi connectivity index (χ2n) is 5.59. The van der Waals surface area contributed by atoms with Crippen molar-refractivity contribution in [1.82, 2.24) is 4.98 Å². The zero-order chi connectivity index (χ0) is 18.4. The van der Waals surface area contributed by atoms with E-state index in [1.807, 2.05) is 30.3 Å². The average molecular weight is 370 g/mol. The first-order chi connectivity index (χ1) is 12.7. The first kappa shape index (κ1) is 18.3. The van der Waals surface area contributed by atoms with Gasteiger partial charge < -0.3 is 14.7 Å². The van der Waals surface area contributed by atoms with E-state index >= 15 is 0 Å². The number of azo groups is 1. The number of hydrogen-bond acceptors (Lipinski definition) is 7. The smallest absolute Gasteiger partial charge is 0.231 e. The number of rotatable bonds is 8. The number of anilines is 1. The lowest BCUT2D eigenvalue weighted by molar-refractivity contribution is 0.201. The molecule has 0 amide bonds. The molecule has 6 nitrogen and oxygen atoms in total. The molecule has 0 atom stereocenters. The number of aliphatic hydroxyl groups excluding tert-OH is 1. The number of ether oxygens (including phenoxy) is 1. The Morgan fingerprint density at radius 2 is 1.85 bits per heavy atom. The van der Waals surface area contributed by atoms with Gasteiger partial charge in [0.25, 0.3) is 0 Å². The minimum atomic E-state index is -0.00669. The van der Waals surface area contributed by atoms with Crippen LogP contribution in [-0.4, -0.2) is 36.4 Å². The fourth-order valence-electron chi connectivity index (χ4n) is 2.61. The lowest BCUT2D eigenvalue weighted by atomic mass is 10.2. The molecular formula is C19H22N4O2S. The van der Waals surface area contributed by atoms with E-state index in [0.717, 1.165) is 29.0 Å². The Morgan fingerprint density at radius 3 is 2.54 bits per heavy atom. The summed E-state index contributed by atoms with van der Waals surface area (Å²) in [5, 5.41) is 18.0. The Labute approximate surface area is 156 Å². The van der Waals surface area contributed by atoms with Gasteiger partial charge in [0.15, 0.2) is 0 Å². The molecule has 0 spiro atoms. The molecule has 1 N–H and O–H groups in total. The molecular weight excluding hydrogens is 348 g/mol. The van der Waals surface area contributed by atoms with Crippen molar-refractivity contribution in [2.24, 2.45) is 10.2 Å². The Morgan fingerprint density at radius 1 is 1.08 bits per heavy atom. The zero-order valence-electron chi connectivity index (χ0n) is 14.9. The number of nitrogens with zero attached hydrogens (tertiary/aromatic N) is 4. The molecule has 3 rings (SSSR count). The largest absolute Gasteiger partial charge is 0.491 e. The van der Waals surface area contributed by atoms with Crippen molar-refractivity contribution in [1.29, 1.82) is 0 Å². The first-order valence-electron chi connectivity index (χ1n) is 8.64. The van der Waals surface area contributed by atoms with E-state index in [9.17, 15) is 0 Å². The third kappa shape index (κ3) is 4.36. The molecule has 0 radical (unpaired) electrons. The minimum absolute atomic E-state index is 0.00669. The molecule has 7 heteroatoms. The maximum absolute atomic E-state index is 8.83. The van der Waals surface area contributed by atoms with Crippen LogP contribution < -0.4 is 9.64 Å². The van der Waals surface area contributed by atoms with Gasteiger partial charge in [-0.2, -0.15) is 0 Å². The quantitative estimate of drug-likeness (QED) is 0.571. The van der Waals surface area contributed by atoms with Gasteiger partial charge in [-0.3, -0.25) is 0 Å². The summed E-state index contributed by atoms with van der Waals surface area (Å²) in [6.07, 6.45) is 0. The van der Waals surface area contributed by atoms with Gasteiger partial charge in [-0.05, 0) is 56.3 Å². The van der Waals surface area contributed by atoms with Gasteiger partial charge in [-0.25, -0.2) is 4.98 Å². The van der Waals surface area contributed by atoms with Crippen molar-refractivity contribution in [3.05, 3.63) is 42.5 Å². The highest BCUT2D eigenvalue weighted by molar-refractivity contribution is 7.21. The van der Waals surface area contributed by atoms with E-state index in [1.165, 1.54) is 17.0 Å². The number of benzene rings is 2. The maximum atomic E-state index is 8.83. The standard InChI is InChI=1S/C19H22N4O2S/c1-3-23(4-2)15-7-5-14(6-8-15)21-22-19-20-17-10-9-16(25-12-11-24)13-18(17)26-19/h5-10,13,24H,3-4,11-12H2,1-2H3. The van der Waals surface area contributed by atoms with Crippen molar-refractivity contribution in [2.75, 3.05) is 31.2 Å². The summed E-state index contributed by atoms with van der Waals surface area (Å²) in [5.41, 5.74) is 2.84. The van der Waals surface area contributed by atoms with E-state index in [4.69, 9.17) is 9.84 Å². The number of aromatic nitrogens is 1. The molecule has 0 aliphatic heterocycles. The van der Waals surface area contributed by atoms with Crippen molar-refractivity contribution >= 4 is 38.1 Å². The summed E-state index contributed by atoms with van der Waals surface area (Å²) in [7, 11) is 0. The molecule has 2 aromatic carbocycles. The van der Waals surface area contributed by atoms with Crippen LogP contribution in [0.5, 0.6) is 5.75 Å². The molecule has 26 heavy (non-hydrogen) atoms. The van der Waals surface area contributed by atoms with Crippen molar-refractivity contribution in [2.45, 2.75) is 13.8 Å². The molecule has 0 aliphatic carbocycles. The molecule has 0 bridgehead atoms. The van der Waals surface area contributed by atoms with Crippen LogP contribution in [0.15, 0.2) is 52.7 Å². The summed E-state index contributed by atoms with van der Waals surface area (Å²) < 4.78 is 6.40. The Bertz CT molecular complexity index is 873. The van der Waals surface area contributed by atoms with Crippen molar-refractivity contribution in [3.8, 4) is 5.75 Å². The summed E-state index contributed by atoms with van der Waals surface area (Å²) in [5.74, 6) is 0.714. The third-order valence-corrected chi connectivity index (χ3v) is 4.84. The molecule has 1 heterocycles. The number of aliphatic hydroxyl groups is 1. The van der Waals surface area contributed by atoms with Crippen LogP contribution in [-0.2, 0) is 0 Å². The second kappa shape index (κ2) is 8.73. The predicted molar refractivity (Wildman–Crippen MR) is 106 cm³/mol. The average Bonchev–Trinajstić information content (AvgIpc) is 3.09. The number of hydrogen-bond donors (Lipinski definition) is 1. The van der Waals surface area contributed by atoms with Gasteiger partial charge in [-0.1, -0.05) is 11.3 Å². The van der Waals surface area contributed by atoms with Gasteiger partial charge in [-0.15, -0.1) is 10.2 Å². The van der Waals surface area contributed by atoms with E-state index in [1.54, 1.807) is 0 Å². The lowest BCUT2D eigenvalue weighted by Gasteiger charge is -2.20. The molecule has 0 saturated carbocycles. The van der Waals surface area contributed by atoms with Gasteiger partial charge >= 0.3 is 0 Å². The van der Waals surface area contributed by atoms with E-state index in [-0.39, 0.29) is 13.2 Å². The number of fused-ring (bicyclic) bond motifs is 1. The fraction of sp³-hybridized carbons (Fsp3) is 0.316. The van der Waals surface area contributed by atoms with Crippen molar-refractivity contribution in [3.63, 3.8) is 0 Å². The topological polar surface area (TPSA) is 70.3 Å². The van der Waals surface area contributed by atoms with Gasteiger partial charge in [0.2, 0.25) is 5.13 Å².